The summed E-state index contributed by atoms with van der Waals surface area (Å²) in [6.07, 6.45) is 1.25. The molecule has 0 bridgehead atoms. The summed E-state index contributed by atoms with van der Waals surface area (Å²) in [5.74, 6) is 0.203. The first-order valence-electron chi connectivity index (χ1n) is 6.06. The van der Waals surface area contributed by atoms with Gasteiger partial charge in [0.25, 0.3) is 0 Å². The lowest BCUT2D eigenvalue weighted by Gasteiger charge is -2.34. The maximum Gasteiger partial charge on any atom is 0.304 e. The number of nitro groups is 1. The van der Waals surface area contributed by atoms with Crippen molar-refractivity contribution >= 4 is 27.8 Å². The van der Waals surface area contributed by atoms with E-state index in [2.05, 4.69) is 0 Å². The Hall–Kier alpha value is -1.47. The number of anilines is 1. The monoisotopic (exact) mass is 284 g/mol. The fraction of sp³-hybridized carbons (Fsp3) is 0.583. The molecule has 0 spiro atoms. The maximum atomic E-state index is 11.3. The van der Waals surface area contributed by atoms with Crippen molar-refractivity contribution in [1.82, 2.24) is 0 Å². The predicted molar refractivity (Wildman–Crippen MR) is 73.0 cm³/mol. The van der Waals surface area contributed by atoms with Crippen LogP contribution in [0, 0.1) is 16.0 Å². The Morgan fingerprint density at radius 2 is 2.26 bits per heavy atom. The van der Waals surface area contributed by atoms with Crippen LogP contribution in [0.25, 0.3) is 0 Å². The van der Waals surface area contributed by atoms with Gasteiger partial charge in [0.2, 0.25) is 0 Å². The fourth-order valence-electron chi connectivity index (χ4n) is 2.27. The third kappa shape index (κ3) is 2.93. The number of Topliss-reactive ketones (excluding diaryl/α,β-unsaturated/α-hetero) is 1. The summed E-state index contributed by atoms with van der Waals surface area (Å²) < 4.78 is 0. The molecule has 0 atom stereocenters. The number of aliphatic hydroxyl groups is 1. The van der Waals surface area contributed by atoms with Crippen LogP contribution in [-0.4, -0.2) is 35.5 Å². The molecule has 0 unspecified atom stereocenters. The molecule has 1 aliphatic rings. The number of hydrogen-bond donors (Lipinski definition) is 1. The molecule has 2 rings (SSSR count). The molecule has 1 heterocycles. The average Bonchev–Trinajstić information content (AvgIpc) is 2.71. The van der Waals surface area contributed by atoms with Crippen molar-refractivity contribution in [3.05, 3.63) is 21.1 Å². The normalized spacial score (nSPS) is 21.8. The Kier molecular flexibility index (Phi) is 3.86. The van der Waals surface area contributed by atoms with Gasteiger partial charge < -0.3 is 10.0 Å². The van der Waals surface area contributed by atoms with E-state index < -0.39 is 4.92 Å². The molecule has 0 saturated heterocycles. The van der Waals surface area contributed by atoms with Gasteiger partial charge in [-0.3, -0.25) is 14.9 Å². The number of ketones is 1. The zero-order valence-electron chi connectivity index (χ0n) is 10.8. The van der Waals surface area contributed by atoms with E-state index >= 15 is 0 Å². The molecule has 1 saturated carbocycles. The fourth-order valence-corrected chi connectivity index (χ4v) is 3.26. The van der Waals surface area contributed by atoms with Crippen molar-refractivity contribution in [2.24, 2.45) is 5.92 Å². The second kappa shape index (κ2) is 5.26. The van der Waals surface area contributed by atoms with E-state index in [1.807, 2.05) is 4.90 Å². The molecule has 6 nitrogen and oxygen atoms in total. The van der Waals surface area contributed by atoms with Gasteiger partial charge in [0.05, 0.1) is 15.9 Å². The molecule has 1 aromatic heterocycles. The van der Waals surface area contributed by atoms with Crippen molar-refractivity contribution in [2.75, 3.05) is 18.5 Å². The highest BCUT2D eigenvalue weighted by Gasteiger charge is 2.30. The third-order valence-corrected chi connectivity index (χ3v) is 4.67. The van der Waals surface area contributed by atoms with Gasteiger partial charge in [-0.1, -0.05) is 0 Å². The molecule has 1 aromatic rings. The van der Waals surface area contributed by atoms with Crippen molar-refractivity contribution in [3.63, 3.8) is 0 Å². The first-order chi connectivity index (χ1) is 8.88. The molecular formula is C12H16N2O4S. The van der Waals surface area contributed by atoms with Crippen molar-refractivity contribution in [1.29, 1.82) is 0 Å². The highest BCUT2D eigenvalue weighted by atomic mass is 32.1. The second-order valence-electron chi connectivity index (χ2n) is 4.99. The quantitative estimate of drug-likeness (QED) is 0.508. The van der Waals surface area contributed by atoms with Crippen LogP contribution in [0.3, 0.4) is 0 Å². The molecular weight excluding hydrogens is 268 g/mol. The summed E-state index contributed by atoms with van der Waals surface area (Å²) in [7, 11) is 1.79. The summed E-state index contributed by atoms with van der Waals surface area (Å²) in [5.41, 5.74) is -0.0161. The average molecular weight is 284 g/mol. The van der Waals surface area contributed by atoms with Gasteiger partial charge in [-0.2, -0.15) is 0 Å². The smallest absolute Gasteiger partial charge is 0.304 e. The minimum absolute atomic E-state index is 0.0161. The lowest BCUT2D eigenvalue weighted by Crippen LogP contribution is -2.37. The minimum Gasteiger partial charge on any atom is -0.393 e. The number of rotatable bonds is 5. The molecule has 0 aliphatic heterocycles. The number of hydrogen-bond acceptors (Lipinski definition) is 6. The Bertz CT molecular complexity index is 508. The Morgan fingerprint density at radius 3 is 2.74 bits per heavy atom. The molecule has 0 amide bonds. The lowest BCUT2D eigenvalue weighted by molar-refractivity contribution is -0.383. The summed E-state index contributed by atoms with van der Waals surface area (Å²) in [6, 6.07) is 1.34. The zero-order valence-corrected chi connectivity index (χ0v) is 11.6. The van der Waals surface area contributed by atoms with Crippen LogP contribution >= 0.6 is 11.3 Å². The topological polar surface area (TPSA) is 83.7 Å². The van der Waals surface area contributed by atoms with Gasteiger partial charge >= 0.3 is 5.69 Å². The first-order valence-corrected chi connectivity index (χ1v) is 6.88. The van der Waals surface area contributed by atoms with Crippen LogP contribution in [0.15, 0.2) is 6.07 Å². The van der Waals surface area contributed by atoms with Gasteiger partial charge in [0.15, 0.2) is 10.8 Å². The van der Waals surface area contributed by atoms with Crippen LogP contribution in [0.2, 0.25) is 0 Å². The zero-order chi connectivity index (χ0) is 14.2. The second-order valence-corrected chi connectivity index (χ2v) is 6.02. The van der Waals surface area contributed by atoms with E-state index in [1.54, 1.807) is 7.05 Å². The molecule has 104 valence electrons. The maximum absolute atomic E-state index is 11.3. The van der Waals surface area contributed by atoms with Gasteiger partial charge in [-0.15, -0.1) is 11.3 Å². The van der Waals surface area contributed by atoms with Gasteiger partial charge in [-0.25, -0.2) is 0 Å². The standard InChI is InChI=1S/C12H16N2O4S/c1-7(15)11-5-10(14(17)18)12(19-11)13(2)6-8-3-9(16)4-8/h5,8-9,16H,3-4,6H2,1-2H3. The SMILES string of the molecule is CC(=O)c1cc([N+](=O)[O-])c(N(C)CC2CC(O)C2)s1. The number of thiophene rings is 1. The summed E-state index contributed by atoms with van der Waals surface area (Å²) >= 11 is 1.15. The van der Waals surface area contributed by atoms with E-state index in [0.29, 0.717) is 22.3 Å². The molecule has 0 radical (unpaired) electrons. The largest absolute Gasteiger partial charge is 0.393 e. The van der Waals surface area contributed by atoms with E-state index in [1.165, 1.54) is 13.0 Å². The number of carbonyl (C=O) groups excluding carboxylic acids is 1. The Balaban J connectivity index is 2.17. The van der Waals surface area contributed by atoms with E-state index in [0.717, 1.165) is 24.2 Å². The molecule has 1 N–H and O–H groups in total. The van der Waals surface area contributed by atoms with Crippen LogP contribution < -0.4 is 4.90 Å². The van der Waals surface area contributed by atoms with E-state index in [-0.39, 0.29) is 17.6 Å². The molecule has 7 heteroatoms. The summed E-state index contributed by atoms with van der Waals surface area (Å²) in [6.45, 7) is 2.07. The number of carbonyl (C=O) groups is 1. The van der Waals surface area contributed by atoms with Gasteiger partial charge in [0.1, 0.15) is 0 Å². The number of aliphatic hydroxyl groups excluding tert-OH is 1. The van der Waals surface area contributed by atoms with Crippen molar-refractivity contribution in [2.45, 2.75) is 25.9 Å². The van der Waals surface area contributed by atoms with Gasteiger partial charge in [-0.05, 0) is 25.7 Å². The Labute approximate surface area is 114 Å². The van der Waals surface area contributed by atoms with Gasteiger partial charge in [0, 0.05) is 19.7 Å². The lowest BCUT2D eigenvalue weighted by atomic mass is 9.82. The molecule has 0 aromatic carbocycles. The third-order valence-electron chi connectivity index (χ3n) is 3.33. The highest BCUT2D eigenvalue weighted by molar-refractivity contribution is 7.18. The summed E-state index contributed by atoms with van der Waals surface area (Å²) in [5, 5.41) is 20.8. The van der Waals surface area contributed by atoms with Crippen molar-refractivity contribution < 1.29 is 14.8 Å². The molecule has 1 fully saturated rings. The van der Waals surface area contributed by atoms with E-state index in [4.69, 9.17) is 0 Å². The predicted octanol–water partition coefficient (Wildman–Crippen LogP) is 2.07. The van der Waals surface area contributed by atoms with Crippen LogP contribution in [0.1, 0.15) is 29.4 Å². The summed E-state index contributed by atoms with van der Waals surface area (Å²) in [4.78, 5) is 24.1. The van der Waals surface area contributed by atoms with Crippen LogP contribution in [-0.2, 0) is 0 Å². The van der Waals surface area contributed by atoms with Crippen molar-refractivity contribution in [3.8, 4) is 0 Å². The highest BCUT2D eigenvalue weighted by Crippen LogP contribution is 2.39. The molecule has 1 aliphatic carbocycles. The van der Waals surface area contributed by atoms with E-state index in [9.17, 15) is 20.0 Å². The van der Waals surface area contributed by atoms with Crippen LogP contribution in [0.4, 0.5) is 10.7 Å². The Morgan fingerprint density at radius 1 is 1.63 bits per heavy atom. The minimum atomic E-state index is -0.454. The van der Waals surface area contributed by atoms with Crippen LogP contribution in [0.5, 0.6) is 0 Å². The number of nitrogens with zero attached hydrogens (tertiary/aromatic N) is 2. The first kappa shape index (κ1) is 14.0. The molecule has 19 heavy (non-hydrogen) atoms.